The molecule has 2 rings (SSSR count). The lowest BCUT2D eigenvalue weighted by Gasteiger charge is -2.33. The van der Waals surface area contributed by atoms with E-state index in [1.54, 1.807) is 4.90 Å². The van der Waals surface area contributed by atoms with Gasteiger partial charge in [-0.1, -0.05) is 0 Å². The SMILES string of the molecule is CNC1CCCN(C(=O)CC(C)S(=O)(=O)c2ccc(F)cc2)C1. The van der Waals surface area contributed by atoms with Gasteiger partial charge in [-0.05, 0) is 51.1 Å². The van der Waals surface area contributed by atoms with Crippen LogP contribution in [0.15, 0.2) is 29.2 Å². The molecule has 0 aliphatic carbocycles. The predicted octanol–water partition coefficient (Wildman–Crippen LogP) is 1.59. The van der Waals surface area contributed by atoms with Crippen LogP contribution in [-0.2, 0) is 14.6 Å². The van der Waals surface area contributed by atoms with Crippen LogP contribution < -0.4 is 5.32 Å². The van der Waals surface area contributed by atoms with Gasteiger partial charge in [0.2, 0.25) is 5.91 Å². The van der Waals surface area contributed by atoms with Crippen LogP contribution in [0, 0.1) is 5.82 Å². The number of halogens is 1. The van der Waals surface area contributed by atoms with Crippen molar-refractivity contribution in [3.8, 4) is 0 Å². The van der Waals surface area contributed by atoms with Crippen LogP contribution in [0.25, 0.3) is 0 Å². The number of amides is 1. The first-order valence-corrected chi connectivity index (χ1v) is 9.33. The van der Waals surface area contributed by atoms with Gasteiger partial charge >= 0.3 is 0 Å². The molecule has 2 unspecified atom stereocenters. The molecule has 0 spiro atoms. The minimum atomic E-state index is -3.64. The number of hydrogen-bond donors (Lipinski definition) is 1. The zero-order valence-electron chi connectivity index (χ0n) is 13.5. The van der Waals surface area contributed by atoms with E-state index >= 15 is 0 Å². The first-order valence-electron chi connectivity index (χ1n) is 7.79. The average molecular weight is 342 g/mol. The summed E-state index contributed by atoms with van der Waals surface area (Å²) in [5, 5.41) is 2.32. The molecular formula is C16H23FN2O3S. The van der Waals surface area contributed by atoms with Crippen LogP contribution in [0.4, 0.5) is 4.39 Å². The summed E-state index contributed by atoms with van der Waals surface area (Å²) in [6.45, 7) is 2.80. The van der Waals surface area contributed by atoms with Crippen molar-refractivity contribution < 1.29 is 17.6 Å². The number of likely N-dealkylation sites (tertiary alicyclic amines) is 1. The van der Waals surface area contributed by atoms with Gasteiger partial charge in [0.25, 0.3) is 0 Å². The molecular weight excluding hydrogens is 319 g/mol. The molecule has 0 saturated carbocycles. The third-order valence-corrected chi connectivity index (χ3v) is 6.47. The number of piperidine rings is 1. The number of carbonyl (C=O) groups excluding carboxylic acids is 1. The van der Waals surface area contributed by atoms with Crippen LogP contribution in [-0.4, -0.2) is 50.7 Å². The summed E-state index contributed by atoms with van der Waals surface area (Å²) in [5.41, 5.74) is 0. The topological polar surface area (TPSA) is 66.5 Å². The van der Waals surface area contributed by atoms with Gasteiger partial charge in [0.15, 0.2) is 9.84 Å². The van der Waals surface area contributed by atoms with Gasteiger partial charge in [0, 0.05) is 25.6 Å². The van der Waals surface area contributed by atoms with Crippen LogP contribution in [0.3, 0.4) is 0 Å². The van der Waals surface area contributed by atoms with E-state index in [1.807, 2.05) is 7.05 Å². The second kappa shape index (κ2) is 7.40. The van der Waals surface area contributed by atoms with E-state index in [0.29, 0.717) is 13.1 Å². The Morgan fingerprint density at radius 2 is 2.04 bits per heavy atom. The standard InChI is InChI=1S/C16H23FN2O3S/c1-12(23(21,22)15-7-5-13(17)6-8-15)10-16(20)19-9-3-4-14(11-19)18-2/h5-8,12,14,18H,3-4,9-11H2,1-2H3. The molecule has 2 atom stereocenters. The fraction of sp³-hybridized carbons (Fsp3) is 0.562. The van der Waals surface area contributed by atoms with Crippen LogP contribution in [0.5, 0.6) is 0 Å². The molecule has 1 fully saturated rings. The van der Waals surface area contributed by atoms with E-state index in [1.165, 1.54) is 19.1 Å². The van der Waals surface area contributed by atoms with Crippen molar-refractivity contribution in [2.45, 2.75) is 42.4 Å². The van der Waals surface area contributed by atoms with E-state index in [-0.39, 0.29) is 23.3 Å². The normalized spacial score (nSPS) is 20.3. The Balaban J connectivity index is 2.04. The van der Waals surface area contributed by atoms with Gasteiger partial charge in [0.05, 0.1) is 10.1 Å². The minimum absolute atomic E-state index is 0.0472. The molecule has 5 nitrogen and oxygen atoms in total. The lowest BCUT2D eigenvalue weighted by Crippen LogP contribution is -2.47. The molecule has 1 heterocycles. The third-order valence-electron chi connectivity index (χ3n) is 4.32. The van der Waals surface area contributed by atoms with E-state index in [2.05, 4.69) is 5.32 Å². The van der Waals surface area contributed by atoms with Crippen molar-refractivity contribution >= 4 is 15.7 Å². The van der Waals surface area contributed by atoms with Gasteiger partial charge in [-0.3, -0.25) is 4.79 Å². The number of hydrogen-bond acceptors (Lipinski definition) is 4. The maximum absolute atomic E-state index is 12.9. The lowest BCUT2D eigenvalue weighted by atomic mass is 10.1. The fourth-order valence-electron chi connectivity index (χ4n) is 2.78. The van der Waals surface area contributed by atoms with Gasteiger partial charge in [-0.25, -0.2) is 12.8 Å². The molecule has 7 heteroatoms. The highest BCUT2D eigenvalue weighted by Crippen LogP contribution is 2.20. The zero-order chi connectivity index (χ0) is 17.0. The van der Waals surface area contributed by atoms with Gasteiger partial charge in [-0.15, -0.1) is 0 Å². The molecule has 1 aromatic rings. The Bertz CT molecular complexity index is 646. The molecule has 1 aromatic carbocycles. The molecule has 0 bridgehead atoms. The molecule has 1 N–H and O–H groups in total. The molecule has 0 radical (unpaired) electrons. The number of nitrogens with one attached hydrogen (secondary N) is 1. The smallest absolute Gasteiger partial charge is 0.223 e. The van der Waals surface area contributed by atoms with Crippen LogP contribution in [0.1, 0.15) is 26.2 Å². The highest BCUT2D eigenvalue weighted by Gasteiger charge is 2.29. The predicted molar refractivity (Wildman–Crippen MR) is 86.3 cm³/mol. The van der Waals surface area contributed by atoms with Crippen LogP contribution >= 0.6 is 0 Å². The second-order valence-electron chi connectivity index (χ2n) is 5.98. The number of carbonyl (C=O) groups is 1. The van der Waals surface area contributed by atoms with Crippen molar-refractivity contribution in [3.05, 3.63) is 30.1 Å². The molecule has 128 valence electrons. The van der Waals surface area contributed by atoms with Crippen molar-refractivity contribution in [3.63, 3.8) is 0 Å². The highest BCUT2D eigenvalue weighted by molar-refractivity contribution is 7.92. The molecule has 1 saturated heterocycles. The summed E-state index contributed by atoms with van der Waals surface area (Å²) in [6.07, 6.45) is 1.87. The van der Waals surface area contributed by atoms with Gasteiger partial charge in [0.1, 0.15) is 5.82 Å². The molecule has 1 amide bonds. The number of likely N-dealkylation sites (N-methyl/N-ethyl adjacent to an activating group) is 1. The van der Waals surface area contributed by atoms with E-state index in [9.17, 15) is 17.6 Å². The molecule has 23 heavy (non-hydrogen) atoms. The summed E-state index contributed by atoms with van der Waals surface area (Å²) in [7, 11) is -1.78. The van der Waals surface area contributed by atoms with Gasteiger partial charge < -0.3 is 10.2 Å². The third kappa shape index (κ3) is 4.29. The molecule has 1 aliphatic rings. The van der Waals surface area contributed by atoms with E-state index in [0.717, 1.165) is 25.0 Å². The highest BCUT2D eigenvalue weighted by atomic mass is 32.2. The Hall–Kier alpha value is -1.47. The average Bonchev–Trinajstić information content (AvgIpc) is 2.55. The first-order chi connectivity index (χ1) is 10.8. The fourth-order valence-corrected chi connectivity index (χ4v) is 4.12. The van der Waals surface area contributed by atoms with E-state index < -0.39 is 20.9 Å². The van der Waals surface area contributed by atoms with Crippen molar-refractivity contribution in [2.75, 3.05) is 20.1 Å². The summed E-state index contributed by atoms with van der Waals surface area (Å²) in [4.78, 5) is 14.1. The Kier molecular flexibility index (Phi) is 5.75. The minimum Gasteiger partial charge on any atom is -0.341 e. The lowest BCUT2D eigenvalue weighted by molar-refractivity contribution is -0.132. The zero-order valence-corrected chi connectivity index (χ0v) is 14.3. The Morgan fingerprint density at radius 1 is 1.39 bits per heavy atom. The number of rotatable bonds is 5. The summed E-state index contributed by atoms with van der Waals surface area (Å²) in [6, 6.07) is 4.97. The number of nitrogens with zero attached hydrogens (tertiary/aromatic N) is 1. The molecule has 1 aliphatic heterocycles. The first kappa shape index (κ1) is 17.9. The summed E-state index contributed by atoms with van der Waals surface area (Å²) >= 11 is 0. The number of benzene rings is 1. The van der Waals surface area contributed by atoms with E-state index in [4.69, 9.17) is 0 Å². The van der Waals surface area contributed by atoms with Crippen LogP contribution in [0.2, 0.25) is 0 Å². The summed E-state index contributed by atoms with van der Waals surface area (Å²) in [5.74, 6) is -0.637. The Morgan fingerprint density at radius 3 is 2.65 bits per heavy atom. The second-order valence-corrected chi connectivity index (χ2v) is 8.35. The quantitative estimate of drug-likeness (QED) is 0.825. The summed E-state index contributed by atoms with van der Waals surface area (Å²) < 4.78 is 37.9. The number of sulfone groups is 1. The van der Waals surface area contributed by atoms with Crippen molar-refractivity contribution in [2.24, 2.45) is 0 Å². The monoisotopic (exact) mass is 342 g/mol. The largest absolute Gasteiger partial charge is 0.341 e. The van der Waals surface area contributed by atoms with Crippen molar-refractivity contribution in [1.29, 1.82) is 0 Å². The Labute approximate surface area is 136 Å². The molecule has 0 aromatic heterocycles. The maximum atomic E-state index is 12.9. The maximum Gasteiger partial charge on any atom is 0.223 e. The van der Waals surface area contributed by atoms with Crippen molar-refractivity contribution in [1.82, 2.24) is 10.2 Å². The van der Waals surface area contributed by atoms with Gasteiger partial charge in [-0.2, -0.15) is 0 Å².